The number of aliphatic hydroxyl groups is 1. The highest BCUT2D eigenvalue weighted by Gasteiger charge is 2.11. The summed E-state index contributed by atoms with van der Waals surface area (Å²) in [5, 5.41) is 9.65. The van der Waals surface area contributed by atoms with Crippen LogP contribution in [0, 0.1) is 20.8 Å². The molecule has 0 unspecified atom stereocenters. The highest BCUT2D eigenvalue weighted by atomic mass is 35.5. The fourth-order valence-corrected chi connectivity index (χ4v) is 1.95. The number of aryl methyl sites for hydroxylation is 3. The maximum atomic E-state index is 9.65. The first-order valence-electron chi connectivity index (χ1n) is 4.38. The van der Waals surface area contributed by atoms with E-state index in [2.05, 4.69) is 19.1 Å². The van der Waals surface area contributed by atoms with E-state index in [0.29, 0.717) is 0 Å². The summed E-state index contributed by atoms with van der Waals surface area (Å²) < 4.78 is 0. The molecule has 0 aliphatic carbocycles. The molecule has 0 aromatic heterocycles. The van der Waals surface area contributed by atoms with Gasteiger partial charge in [0.05, 0.1) is 12.0 Å². The molecule has 0 spiro atoms. The number of hydrogen-bond donors (Lipinski definition) is 1. The Hall–Kier alpha value is -0.530. The van der Waals surface area contributed by atoms with Gasteiger partial charge in [-0.15, -0.1) is 11.6 Å². The van der Waals surface area contributed by atoms with Crippen LogP contribution in [0.4, 0.5) is 0 Å². The quantitative estimate of drug-likeness (QED) is 0.725. The third kappa shape index (κ3) is 2.23. The molecule has 1 nitrogen and oxygen atoms in total. The summed E-state index contributed by atoms with van der Waals surface area (Å²) in [6.45, 7) is 6.06. The third-order valence-corrected chi connectivity index (χ3v) is 2.51. The van der Waals surface area contributed by atoms with Gasteiger partial charge < -0.3 is 5.11 Å². The van der Waals surface area contributed by atoms with E-state index in [-0.39, 0.29) is 5.88 Å². The second-order valence-electron chi connectivity index (χ2n) is 3.48. The van der Waals surface area contributed by atoms with E-state index < -0.39 is 6.10 Å². The van der Waals surface area contributed by atoms with Crippen LogP contribution < -0.4 is 0 Å². The summed E-state index contributed by atoms with van der Waals surface area (Å²) in [6, 6.07) is 4.14. The van der Waals surface area contributed by atoms with Crippen molar-refractivity contribution in [1.82, 2.24) is 0 Å². The highest BCUT2D eigenvalue weighted by molar-refractivity contribution is 6.18. The average Bonchev–Trinajstić information content (AvgIpc) is 2.02. The smallest absolute Gasteiger partial charge is 0.0930 e. The minimum atomic E-state index is -0.540. The van der Waals surface area contributed by atoms with Crippen molar-refractivity contribution >= 4 is 11.6 Å². The Labute approximate surface area is 84.4 Å². The van der Waals surface area contributed by atoms with E-state index in [0.717, 1.165) is 16.7 Å². The summed E-state index contributed by atoms with van der Waals surface area (Å²) in [5.74, 6) is 0.255. The Balaban J connectivity index is 3.20. The van der Waals surface area contributed by atoms with E-state index in [4.69, 9.17) is 11.6 Å². The van der Waals surface area contributed by atoms with Gasteiger partial charge in [0.2, 0.25) is 0 Å². The summed E-state index contributed by atoms with van der Waals surface area (Å²) in [7, 11) is 0. The van der Waals surface area contributed by atoms with Gasteiger partial charge >= 0.3 is 0 Å². The van der Waals surface area contributed by atoms with Gasteiger partial charge in [-0.2, -0.15) is 0 Å². The van der Waals surface area contributed by atoms with Gasteiger partial charge in [-0.3, -0.25) is 0 Å². The monoisotopic (exact) mass is 198 g/mol. The Kier molecular flexibility index (Phi) is 3.34. The second kappa shape index (κ2) is 4.12. The first-order valence-corrected chi connectivity index (χ1v) is 4.91. The molecule has 0 aliphatic rings. The van der Waals surface area contributed by atoms with Crippen molar-refractivity contribution in [3.63, 3.8) is 0 Å². The molecule has 0 saturated carbocycles. The second-order valence-corrected chi connectivity index (χ2v) is 3.79. The molecule has 0 amide bonds. The molecule has 1 rings (SSSR count). The van der Waals surface area contributed by atoms with E-state index >= 15 is 0 Å². The normalized spacial score (nSPS) is 13.0. The Bertz CT molecular complexity index is 284. The van der Waals surface area contributed by atoms with Gasteiger partial charge in [0, 0.05) is 0 Å². The lowest BCUT2D eigenvalue weighted by Crippen LogP contribution is -2.04. The maximum Gasteiger partial charge on any atom is 0.0930 e. The number of rotatable bonds is 2. The topological polar surface area (TPSA) is 20.2 Å². The van der Waals surface area contributed by atoms with Crippen LogP contribution in [0.25, 0.3) is 0 Å². The lowest BCUT2D eigenvalue weighted by atomic mass is 9.96. The van der Waals surface area contributed by atoms with Crippen molar-refractivity contribution < 1.29 is 5.11 Å². The molecular weight excluding hydrogens is 184 g/mol. The van der Waals surface area contributed by atoms with Crippen LogP contribution >= 0.6 is 11.6 Å². The van der Waals surface area contributed by atoms with Gasteiger partial charge in [0.15, 0.2) is 0 Å². The van der Waals surface area contributed by atoms with Crippen molar-refractivity contribution in [2.45, 2.75) is 26.9 Å². The predicted molar refractivity (Wildman–Crippen MR) is 56.3 cm³/mol. The first-order chi connectivity index (χ1) is 6.06. The SMILES string of the molecule is Cc1cc(C)c([C@@H](O)CCl)c(C)c1. The largest absolute Gasteiger partial charge is 0.387 e. The first kappa shape index (κ1) is 10.6. The molecule has 1 aromatic carbocycles. The Morgan fingerprint density at radius 3 is 2.08 bits per heavy atom. The molecule has 1 N–H and O–H groups in total. The van der Waals surface area contributed by atoms with Gasteiger partial charge in [-0.1, -0.05) is 17.7 Å². The number of hydrogen-bond acceptors (Lipinski definition) is 1. The average molecular weight is 199 g/mol. The van der Waals surface area contributed by atoms with E-state index in [1.807, 2.05) is 13.8 Å². The van der Waals surface area contributed by atoms with Crippen LogP contribution in [-0.4, -0.2) is 11.0 Å². The van der Waals surface area contributed by atoms with Crippen molar-refractivity contribution in [3.05, 3.63) is 34.4 Å². The van der Waals surface area contributed by atoms with Crippen molar-refractivity contribution in [1.29, 1.82) is 0 Å². The minimum Gasteiger partial charge on any atom is -0.387 e. The number of aliphatic hydroxyl groups excluding tert-OH is 1. The standard InChI is InChI=1S/C11H15ClO/c1-7-4-8(2)11(9(3)5-7)10(13)6-12/h4-5,10,13H,6H2,1-3H3/t10-/m0/s1. The van der Waals surface area contributed by atoms with Crippen molar-refractivity contribution in [2.75, 3.05) is 5.88 Å². The number of benzene rings is 1. The molecule has 0 aliphatic heterocycles. The molecule has 1 aromatic rings. The van der Waals surface area contributed by atoms with Crippen LogP contribution in [0.2, 0.25) is 0 Å². The van der Waals surface area contributed by atoms with E-state index in [9.17, 15) is 5.11 Å². The molecular formula is C11H15ClO. The summed E-state index contributed by atoms with van der Waals surface area (Å²) in [4.78, 5) is 0. The number of halogens is 1. The lowest BCUT2D eigenvalue weighted by Gasteiger charge is -2.14. The van der Waals surface area contributed by atoms with Crippen LogP contribution in [0.5, 0.6) is 0 Å². The lowest BCUT2D eigenvalue weighted by molar-refractivity contribution is 0.201. The van der Waals surface area contributed by atoms with Gasteiger partial charge in [-0.25, -0.2) is 0 Å². The molecule has 0 radical (unpaired) electrons. The van der Waals surface area contributed by atoms with E-state index in [1.165, 1.54) is 5.56 Å². The molecule has 13 heavy (non-hydrogen) atoms. The van der Waals surface area contributed by atoms with Gasteiger partial charge in [-0.05, 0) is 37.5 Å². The molecule has 72 valence electrons. The third-order valence-electron chi connectivity index (χ3n) is 2.22. The maximum absolute atomic E-state index is 9.65. The zero-order valence-electron chi connectivity index (χ0n) is 8.26. The van der Waals surface area contributed by atoms with Crippen LogP contribution in [-0.2, 0) is 0 Å². The van der Waals surface area contributed by atoms with Crippen LogP contribution in [0.1, 0.15) is 28.4 Å². The molecule has 0 fully saturated rings. The molecule has 0 saturated heterocycles. The van der Waals surface area contributed by atoms with Gasteiger partial charge in [0.25, 0.3) is 0 Å². The minimum absolute atomic E-state index is 0.255. The summed E-state index contributed by atoms with van der Waals surface area (Å²) in [6.07, 6.45) is -0.540. The zero-order chi connectivity index (χ0) is 10.0. The van der Waals surface area contributed by atoms with Crippen molar-refractivity contribution in [2.24, 2.45) is 0 Å². The molecule has 0 heterocycles. The molecule has 1 atom stereocenters. The number of alkyl halides is 1. The fraction of sp³-hybridized carbons (Fsp3) is 0.455. The molecule has 0 bridgehead atoms. The molecule has 2 heteroatoms. The predicted octanol–water partition coefficient (Wildman–Crippen LogP) is 2.88. The fourth-order valence-electron chi connectivity index (χ4n) is 1.79. The van der Waals surface area contributed by atoms with Crippen LogP contribution in [0.15, 0.2) is 12.1 Å². The Morgan fingerprint density at radius 2 is 1.69 bits per heavy atom. The summed E-state index contributed by atoms with van der Waals surface area (Å²) in [5.41, 5.74) is 4.43. The van der Waals surface area contributed by atoms with E-state index in [1.54, 1.807) is 0 Å². The summed E-state index contributed by atoms with van der Waals surface area (Å²) >= 11 is 5.62. The van der Waals surface area contributed by atoms with Gasteiger partial charge in [0.1, 0.15) is 0 Å². The highest BCUT2D eigenvalue weighted by Crippen LogP contribution is 2.24. The Morgan fingerprint density at radius 1 is 1.23 bits per heavy atom. The van der Waals surface area contributed by atoms with Crippen LogP contribution in [0.3, 0.4) is 0 Å². The zero-order valence-corrected chi connectivity index (χ0v) is 9.02. The van der Waals surface area contributed by atoms with Crippen molar-refractivity contribution in [3.8, 4) is 0 Å².